The quantitative estimate of drug-likeness (QED) is 0.327. The van der Waals surface area contributed by atoms with Gasteiger partial charge in [0.05, 0.1) is 30.8 Å². The molecule has 0 saturated carbocycles. The Hall–Kier alpha value is -3.77. The summed E-state index contributed by atoms with van der Waals surface area (Å²) in [5.41, 5.74) is 4.63. The Balaban J connectivity index is 1.39. The van der Waals surface area contributed by atoms with Crippen LogP contribution in [0.4, 0.5) is 0 Å². The number of methoxy groups -OCH3 is 1. The SMILES string of the molecule is COc1c(C)cc2c(c1O)[C@@H]1C3Cc4c(O)c(C)c5c(c4[C@H](CNC(=O)c4cccnc4Cl)N3[C@@H](O)[C@H](C2)N1C)OCO5. The molecule has 1 unspecified atom stereocenters. The lowest BCUT2D eigenvalue weighted by molar-refractivity contribution is -0.171. The zero-order valence-electron chi connectivity index (χ0n) is 24.2. The van der Waals surface area contributed by atoms with E-state index in [9.17, 15) is 20.1 Å². The lowest BCUT2D eigenvalue weighted by Crippen LogP contribution is -2.69. The molecule has 2 aromatic carbocycles. The summed E-state index contributed by atoms with van der Waals surface area (Å²) in [6, 6.07) is 3.59. The summed E-state index contributed by atoms with van der Waals surface area (Å²) in [5, 5.41) is 38.2. The number of hydrogen-bond donors (Lipinski definition) is 4. The predicted octanol–water partition coefficient (Wildman–Crippen LogP) is 3.13. The van der Waals surface area contributed by atoms with E-state index < -0.39 is 24.2 Å². The molecule has 1 amide bonds. The third-order valence-electron chi connectivity index (χ3n) is 9.58. The van der Waals surface area contributed by atoms with Crippen molar-refractivity contribution in [3.63, 3.8) is 0 Å². The van der Waals surface area contributed by atoms with E-state index in [1.165, 1.54) is 13.3 Å². The summed E-state index contributed by atoms with van der Waals surface area (Å²) in [4.78, 5) is 21.4. The molecular weight excluding hydrogens is 576 g/mol. The second kappa shape index (κ2) is 10.2. The van der Waals surface area contributed by atoms with Gasteiger partial charge in [0.15, 0.2) is 23.0 Å². The van der Waals surface area contributed by atoms with Crippen molar-refractivity contribution in [1.29, 1.82) is 0 Å². The summed E-state index contributed by atoms with van der Waals surface area (Å²) in [6.07, 6.45) is 1.42. The Bertz CT molecular complexity index is 1670. The van der Waals surface area contributed by atoms with Crippen LogP contribution in [0.15, 0.2) is 24.4 Å². The number of aromatic hydroxyl groups is 2. The van der Waals surface area contributed by atoms with Gasteiger partial charge in [0.25, 0.3) is 5.91 Å². The standard InChI is InChI=1S/C31H33ClN4O7/c1-13-8-15-9-19-31(40)36-18(23(35(19)3)21(15)25(38)26(13)41-4)10-17-22(28-27(42-12-43-28)14(2)24(17)37)20(36)11-34-30(39)16-6-5-7-33-29(16)32/h5-8,18-20,23,31,37-38,40H,9-12H2,1-4H3,(H,34,39)/t18?,19-,20-,23-,31-/m0/s1. The Labute approximate surface area is 253 Å². The molecule has 11 nitrogen and oxygen atoms in total. The number of benzene rings is 2. The molecule has 1 saturated heterocycles. The smallest absolute Gasteiger partial charge is 0.254 e. The summed E-state index contributed by atoms with van der Waals surface area (Å²) < 4.78 is 17.3. The number of nitrogens with one attached hydrogen (secondary N) is 1. The molecule has 7 rings (SSSR count). The minimum atomic E-state index is -0.942. The lowest BCUT2D eigenvalue weighted by Gasteiger charge is -2.60. The van der Waals surface area contributed by atoms with Gasteiger partial charge in [-0.15, -0.1) is 0 Å². The number of aliphatic hydroxyl groups is 1. The number of aliphatic hydroxyl groups excluding tert-OH is 1. The number of nitrogens with zero attached hydrogens (tertiary/aromatic N) is 3. The fraction of sp³-hybridized carbons (Fsp3) is 0.419. The highest BCUT2D eigenvalue weighted by molar-refractivity contribution is 6.32. The summed E-state index contributed by atoms with van der Waals surface area (Å²) in [6.45, 7) is 3.74. The molecule has 4 N–H and O–H groups in total. The molecule has 5 heterocycles. The third kappa shape index (κ3) is 3.98. The molecule has 0 spiro atoms. The van der Waals surface area contributed by atoms with Crippen LogP contribution in [-0.4, -0.2) is 81.8 Å². The van der Waals surface area contributed by atoms with Gasteiger partial charge in [0.1, 0.15) is 17.1 Å². The monoisotopic (exact) mass is 608 g/mol. The number of ether oxygens (including phenoxy) is 3. The van der Waals surface area contributed by atoms with E-state index >= 15 is 0 Å². The number of aromatic nitrogens is 1. The molecule has 2 bridgehead atoms. The number of pyridine rings is 1. The van der Waals surface area contributed by atoms with Crippen molar-refractivity contribution in [3.8, 4) is 28.7 Å². The first kappa shape index (κ1) is 28.0. The summed E-state index contributed by atoms with van der Waals surface area (Å²) in [7, 11) is 3.49. The number of aryl methyl sites for hydroxylation is 1. The van der Waals surface area contributed by atoms with Crippen molar-refractivity contribution in [2.75, 3.05) is 27.5 Å². The molecule has 5 atom stereocenters. The number of piperazine rings is 1. The van der Waals surface area contributed by atoms with E-state index in [4.69, 9.17) is 25.8 Å². The zero-order chi connectivity index (χ0) is 30.3. The average molecular weight is 609 g/mol. The minimum absolute atomic E-state index is 0.00317. The van der Waals surface area contributed by atoms with E-state index in [0.29, 0.717) is 46.8 Å². The molecule has 4 aliphatic rings. The maximum absolute atomic E-state index is 13.3. The van der Waals surface area contributed by atoms with Crippen LogP contribution >= 0.6 is 11.6 Å². The van der Waals surface area contributed by atoms with Crippen molar-refractivity contribution >= 4 is 17.5 Å². The molecule has 226 valence electrons. The normalized spacial score (nSPS) is 25.5. The van der Waals surface area contributed by atoms with Crippen LogP contribution in [0.25, 0.3) is 0 Å². The molecule has 12 heteroatoms. The van der Waals surface area contributed by atoms with Crippen LogP contribution in [0.5, 0.6) is 28.7 Å². The second-order valence-electron chi connectivity index (χ2n) is 11.7. The number of carbonyl (C=O) groups excluding carboxylic acids is 1. The van der Waals surface area contributed by atoms with Gasteiger partial charge < -0.3 is 34.8 Å². The first-order valence-corrected chi connectivity index (χ1v) is 14.6. The van der Waals surface area contributed by atoms with Gasteiger partial charge in [-0.25, -0.2) is 4.98 Å². The minimum Gasteiger partial charge on any atom is -0.507 e. The Morgan fingerprint density at radius 3 is 2.67 bits per heavy atom. The number of carbonyl (C=O) groups is 1. The Kier molecular flexibility index (Phi) is 6.62. The van der Waals surface area contributed by atoms with Gasteiger partial charge in [0, 0.05) is 41.0 Å². The van der Waals surface area contributed by atoms with Crippen LogP contribution < -0.4 is 19.5 Å². The second-order valence-corrected chi connectivity index (χ2v) is 12.0. The maximum Gasteiger partial charge on any atom is 0.254 e. The predicted molar refractivity (Wildman–Crippen MR) is 156 cm³/mol. The van der Waals surface area contributed by atoms with Crippen molar-refractivity contribution in [1.82, 2.24) is 20.1 Å². The number of phenols is 2. The molecule has 4 aliphatic heterocycles. The molecule has 1 aromatic heterocycles. The lowest BCUT2D eigenvalue weighted by atomic mass is 9.73. The average Bonchev–Trinajstić information content (AvgIpc) is 3.47. The number of fused-ring (bicyclic) bond motifs is 9. The first-order valence-electron chi connectivity index (χ1n) is 14.2. The Morgan fingerprint density at radius 2 is 1.93 bits per heavy atom. The molecular formula is C31H33ClN4O7. The highest BCUT2D eigenvalue weighted by atomic mass is 35.5. The molecule has 43 heavy (non-hydrogen) atoms. The van der Waals surface area contributed by atoms with Crippen molar-refractivity contribution < 1.29 is 34.3 Å². The maximum atomic E-state index is 13.3. The van der Waals surface area contributed by atoms with Crippen LogP contribution in [0.1, 0.15) is 55.8 Å². The third-order valence-corrected chi connectivity index (χ3v) is 9.88. The molecule has 0 radical (unpaired) electrons. The van der Waals surface area contributed by atoms with Gasteiger partial charge in [-0.3, -0.25) is 14.6 Å². The van der Waals surface area contributed by atoms with E-state index in [2.05, 4.69) is 15.2 Å². The highest BCUT2D eigenvalue weighted by Gasteiger charge is 2.56. The number of phenolic OH excluding ortho intramolecular Hbond substituents is 2. The molecule has 1 fully saturated rings. The van der Waals surface area contributed by atoms with Gasteiger partial charge >= 0.3 is 0 Å². The molecule has 0 aliphatic carbocycles. The van der Waals surface area contributed by atoms with E-state index in [0.717, 1.165) is 16.7 Å². The largest absolute Gasteiger partial charge is 0.507 e. The van der Waals surface area contributed by atoms with Gasteiger partial charge in [-0.2, -0.15) is 0 Å². The Morgan fingerprint density at radius 1 is 1.16 bits per heavy atom. The van der Waals surface area contributed by atoms with Crippen molar-refractivity contribution in [3.05, 3.63) is 68.5 Å². The number of halogens is 1. The van der Waals surface area contributed by atoms with Crippen molar-refractivity contribution in [2.24, 2.45) is 0 Å². The van der Waals surface area contributed by atoms with E-state index in [1.807, 2.05) is 24.9 Å². The fourth-order valence-electron chi connectivity index (χ4n) is 7.69. The van der Waals surface area contributed by atoms with Crippen LogP contribution in [0.3, 0.4) is 0 Å². The number of amides is 1. The van der Waals surface area contributed by atoms with Gasteiger partial charge in [0.2, 0.25) is 6.79 Å². The summed E-state index contributed by atoms with van der Waals surface area (Å²) >= 11 is 6.22. The van der Waals surface area contributed by atoms with Crippen LogP contribution in [0, 0.1) is 13.8 Å². The molecule has 3 aromatic rings. The number of hydrogen-bond acceptors (Lipinski definition) is 10. The van der Waals surface area contributed by atoms with Crippen LogP contribution in [0.2, 0.25) is 5.15 Å². The van der Waals surface area contributed by atoms with E-state index in [1.54, 1.807) is 19.1 Å². The number of rotatable bonds is 4. The van der Waals surface area contributed by atoms with Crippen LogP contribution in [-0.2, 0) is 12.8 Å². The highest BCUT2D eigenvalue weighted by Crippen LogP contribution is 2.57. The topological polar surface area (TPSA) is 137 Å². The zero-order valence-corrected chi connectivity index (χ0v) is 25.0. The fourth-order valence-corrected chi connectivity index (χ4v) is 7.90. The first-order chi connectivity index (χ1) is 20.6. The van der Waals surface area contributed by atoms with E-state index in [-0.39, 0.29) is 47.6 Å². The summed E-state index contributed by atoms with van der Waals surface area (Å²) in [5.74, 6) is 1.12. The van der Waals surface area contributed by atoms with Gasteiger partial charge in [-0.05, 0) is 57.0 Å². The number of likely N-dealkylation sites (N-methyl/N-ethyl adjacent to an activating group) is 1. The van der Waals surface area contributed by atoms with Crippen molar-refractivity contribution in [2.45, 2.75) is 57.1 Å². The van der Waals surface area contributed by atoms with Gasteiger partial charge in [-0.1, -0.05) is 17.7 Å².